The van der Waals surface area contributed by atoms with Crippen LogP contribution in [0.4, 0.5) is 0 Å². The van der Waals surface area contributed by atoms with Gasteiger partial charge in [0, 0.05) is 37.6 Å². The second kappa shape index (κ2) is 10.1. The number of rotatable bonds is 7. The molecule has 0 amide bonds. The van der Waals surface area contributed by atoms with E-state index in [0.29, 0.717) is 12.0 Å². The van der Waals surface area contributed by atoms with Crippen LogP contribution >= 0.6 is 11.3 Å². The zero-order valence-corrected chi connectivity index (χ0v) is 17.1. The standard InChI is InChI=1S/C18H33N5OS/c1-13(2)10-16(23-6-8-24-9-7-23)11-20-18(19-5)21-12-17-14(3)22-15(4)25-17/h13,16H,6-12H2,1-5H3,(H2,19,20,21). The molecular weight excluding hydrogens is 334 g/mol. The van der Waals surface area contributed by atoms with E-state index >= 15 is 0 Å². The minimum Gasteiger partial charge on any atom is -0.379 e. The molecule has 1 fully saturated rings. The lowest BCUT2D eigenvalue weighted by Gasteiger charge is -2.35. The molecule has 0 aromatic carbocycles. The topological polar surface area (TPSA) is 61.8 Å². The smallest absolute Gasteiger partial charge is 0.191 e. The van der Waals surface area contributed by atoms with E-state index in [1.807, 2.05) is 14.0 Å². The van der Waals surface area contributed by atoms with Crippen LogP contribution in [0.15, 0.2) is 4.99 Å². The number of ether oxygens (including phenoxy) is 1. The SMILES string of the molecule is CN=C(NCc1sc(C)nc1C)NCC(CC(C)C)N1CCOCC1. The van der Waals surface area contributed by atoms with E-state index < -0.39 is 0 Å². The molecule has 1 aliphatic heterocycles. The number of morpholine rings is 1. The molecule has 0 radical (unpaired) electrons. The van der Waals surface area contributed by atoms with Crippen molar-refractivity contribution in [1.29, 1.82) is 0 Å². The van der Waals surface area contributed by atoms with Gasteiger partial charge in [-0.15, -0.1) is 11.3 Å². The number of nitrogens with zero attached hydrogens (tertiary/aromatic N) is 3. The van der Waals surface area contributed by atoms with Gasteiger partial charge in [-0.2, -0.15) is 0 Å². The number of aromatic nitrogens is 1. The van der Waals surface area contributed by atoms with E-state index in [9.17, 15) is 0 Å². The maximum absolute atomic E-state index is 5.50. The Morgan fingerprint density at radius 2 is 2.00 bits per heavy atom. The Morgan fingerprint density at radius 3 is 2.56 bits per heavy atom. The number of hydrogen-bond donors (Lipinski definition) is 2. The summed E-state index contributed by atoms with van der Waals surface area (Å²) in [6.45, 7) is 14.1. The van der Waals surface area contributed by atoms with Crippen molar-refractivity contribution in [3.8, 4) is 0 Å². The summed E-state index contributed by atoms with van der Waals surface area (Å²) in [6.07, 6.45) is 1.18. The minimum atomic E-state index is 0.509. The molecule has 6 nitrogen and oxygen atoms in total. The quantitative estimate of drug-likeness (QED) is 0.571. The number of aliphatic imine (C=N–C) groups is 1. The number of guanidine groups is 1. The molecule has 7 heteroatoms. The van der Waals surface area contributed by atoms with Crippen molar-refractivity contribution >= 4 is 17.3 Å². The summed E-state index contributed by atoms with van der Waals surface area (Å²) >= 11 is 1.74. The molecule has 0 spiro atoms. The third-order valence-corrected chi connectivity index (χ3v) is 5.52. The highest BCUT2D eigenvalue weighted by molar-refractivity contribution is 7.11. The third kappa shape index (κ3) is 6.56. The molecule has 1 aromatic rings. The van der Waals surface area contributed by atoms with Crippen molar-refractivity contribution in [2.45, 2.75) is 46.7 Å². The van der Waals surface area contributed by atoms with Crippen LogP contribution in [0.1, 0.15) is 35.8 Å². The van der Waals surface area contributed by atoms with Crippen molar-refractivity contribution in [3.63, 3.8) is 0 Å². The van der Waals surface area contributed by atoms with Crippen molar-refractivity contribution in [2.24, 2.45) is 10.9 Å². The molecule has 1 aromatic heterocycles. The van der Waals surface area contributed by atoms with E-state index in [2.05, 4.69) is 46.3 Å². The first-order chi connectivity index (χ1) is 12.0. The maximum atomic E-state index is 5.50. The lowest BCUT2D eigenvalue weighted by Crippen LogP contribution is -2.50. The van der Waals surface area contributed by atoms with Crippen LogP contribution in [-0.2, 0) is 11.3 Å². The largest absolute Gasteiger partial charge is 0.379 e. The Labute approximate surface area is 156 Å². The normalized spacial score (nSPS) is 17.8. The fourth-order valence-electron chi connectivity index (χ4n) is 3.18. The Bertz CT molecular complexity index is 552. The van der Waals surface area contributed by atoms with Gasteiger partial charge in [-0.1, -0.05) is 13.8 Å². The van der Waals surface area contributed by atoms with Gasteiger partial charge in [0.15, 0.2) is 5.96 Å². The Balaban J connectivity index is 1.86. The molecule has 0 bridgehead atoms. The van der Waals surface area contributed by atoms with Crippen molar-refractivity contribution < 1.29 is 4.74 Å². The zero-order chi connectivity index (χ0) is 18.2. The zero-order valence-electron chi connectivity index (χ0n) is 16.3. The monoisotopic (exact) mass is 367 g/mol. The van der Waals surface area contributed by atoms with Crippen molar-refractivity contribution in [1.82, 2.24) is 20.5 Å². The van der Waals surface area contributed by atoms with Gasteiger partial charge in [0.25, 0.3) is 0 Å². The highest BCUT2D eigenvalue weighted by Gasteiger charge is 2.22. The number of hydrogen-bond acceptors (Lipinski definition) is 5. The van der Waals surface area contributed by atoms with Crippen LogP contribution in [0.3, 0.4) is 0 Å². The Morgan fingerprint density at radius 1 is 1.28 bits per heavy atom. The molecule has 0 aliphatic carbocycles. The van der Waals surface area contributed by atoms with Crippen LogP contribution in [0.5, 0.6) is 0 Å². The number of nitrogens with one attached hydrogen (secondary N) is 2. The summed E-state index contributed by atoms with van der Waals surface area (Å²) in [7, 11) is 1.83. The predicted molar refractivity (Wildman–Crippen MR) is 105 cm³/mol. The Hall–Kier alpha value is -1.18. The minimum absolute atomic E-state index is 0.509. The van der Waals surface area contributed by atoms with Crippen molar-refractivity contribution in [3.05, 3.63) is 15.6 Å². The summed E-state index contributed by atoms with van der Waals surface area (Å²) in [4.78, 5) is 12.7. The molecule has 2 heterocycles. The molecule has 0 saturated carbocycles. The van der Waals surface area contributed by atoms with Crippen LogP contribution in [0, 0.1) is 19.8 Å². The fourth-order valence-corrected chi connectivity index (χ4v) is 4.06. The van der Waals surface area contributed by atoms with Gasteiger partial charge in [-0.3, -0.25) is 9.89 Å². The molecular formula is C18H33N5OS. The van der Waals surface area contributed by atoms with Gasteiger partial charge in [0.2, 0.25) is 0 Å². The van der Waals surface area contributed by atoms with Gasteiger partial charge in [0.1, 0.15) is 0 Å². The summed E-state index contributed by atoms with van der Waals surface area (Å²) in [6, 6.07) is 0.509. The van der Waals surface area contributed by atoms with Crippen LogP contribution < -0.4 is 10.6 Å². The van der Waals surface area contributed by atoms with E-state index in [0.717, 1.165) is 56.1 Å². The second-order valence-electron chi connectivity index (χ2n) is 6.98. The highest BCUT2D eigenvalue weighted by Crippen LogP contribution is 2.16. The van der Waals surface area contributed by atoms with Crippen LogP contribution in [-0.4, -0.2) is 61.8 Å². The van der Waals surface area contributed by atoms with E-state index in [-0.39, 0.29) is 0 Å². The highest BCUT2D eigenvalue weighted by atomic mass is 32.1. The average molecular weight is 368 g/mol. The molecule has 25 heavy (non-hydrogen) atoms. The van der Waals surface area contributed by atoms with Crippen molar-refractivity contribution in [2.75, 3.05) is 39.9 Å². The lowest BCUT2D eigenvalue weighted by atomic mass is 10.0. The first-order valence-corrected chi connectivity index (χ1v) is 10.0. The first-order valence-electron chi connectivity index (χ1n) is 9.18. The van der Waals surface area contributed by atoms with Gasteiger partial charge in [0.05, 0.1) is 30.5 Å². The van der Waals surface area contributed by atoms with E-state index in [4.69, 9.17) is 4.74 Å². The summed E-state index contributed by atoms with van der Waals surface area (Å²) in [5.74, 6) is 1.53. The van der Waals surface area contributed by atoms with Gasteiger partial charge in [-0.05, 0) is 26.2 Å². The summed E-state index contributed by atoms with van der Waals surface area (Å²) < 4.78 is 5.50. The van der Waals surface area contributed by atoms with Gasteiger partial charge in [-0.25, -0.2) is 4.98 Å². The fraction of sp³-hybridized carbons (Fsp3) is 0.778. The predicted octanol–water partition coefficient (Wildman–Crippen LogP) is 2.17. The van der Waals surface area contributed by atoms with Crippen LogP contribution in [0.2, 0.25) is 0 Å². The van der Waals surface area contributed by atoms with E-state index in [1.54, 1.807) is 11.3 Å². The van der Waals surface area contributed by atoms with Gasteiger partial charge < -0.3 is 15.4 Å². The number of aryl methyl sites for hydroxylation is 2. The molecule has 1 saturated heterocycles. The molecule has 1 aliphatic rings. The summed E-state index contributed by atoms with van der Waals surface area (Å²) in [5.41, 5.74) is 1.11. The van der Waals surface area contributed by atoms with E-state index in [1.165, 1.54) is 11.3 Å². The lowest BCUT2D eigenvalue weighted by molar-refractivity contribution is 0.0132. The summed E-state index contributed by atoms with van der Waals surface area (Å²) in [5, 5.41) is 8.04. The van der Waals surface area contributed by atoms with Gasteiger partial charge >= 0.3 is 0 Å². The number of thiazole rings is 1. The van der Waals surface area contributed by atoms with Crippen LogP contribution in [0.25, 0.3) is 0 Å². The first kappa shape index (κ1) is 20.1. The Kier molecular flexibility index (Phi) is 8.12. The average Bonchev–Trinajstić information content (AvgIpc) is 2.91. The second-order valence-corrected chi connectivity index (χ2v) is 8.27. The molecule has 1 atom stereocenters. The molecule has 2 N–H and O–H groups in total. The molecule has 142 valence electrons. The molecule has 2 rings (SSSR count). The third-order valence-electron chi connectivity index (χ3n) is 4.45. The maximum Gasteiger partial charge on any atom is 0.191 e. The molecule has 1 unspecified atom stereocenters.